The maximum absolute atomic E-state index is 15.0. The SMILES string of the molecule is O=C1[C@H](C2CC2)C(c2c(F)cc(OCCC(F)F)cc2F)N1c1ccc2nc[nH]c2c1. The molecule has 2 aromatic carbocycles. The Morgan fingerprint density at radius 2 is 1.90 bits per heavy atom. The first-order valence-electron chi connectivity index (χ1n) is 10.1. The second-order valence-corrected chi connectivity index (χ2v) is 7.95. The van der Waals surface area contributed by atoms with Crippen molar-refractivity contribution in [2.75, 3.05) is 11.5 Å². The molecule has 2 aliphatic rings. The average molecular weight is 433 g/mol. The summed E-state index contributed by atoms with van der Waals surface area (Å²) in [4.78, 5) is 21.5. The van der Waals surface area contributed by atoms with E-state index in [1.54, 1.807) is 18.2 Å². The molecule has 2 heterocycles. The lowest BCUT2D eigenvalue weighted by Gasteiger charge is -2.48. The highest BCUT2D eigenvalue weighted by atomic mass is 19.3. The van der Waals surface area contributed by atoms with Gasteiger partial charge < -0.3 is 14.6 Å². The van der Waals surface area contributed by atoms with Crippen LogP contribution in [0.4, 0.5) is 23.2 Å². The number of rotatable bonds is 7. The van der Waals surface area contributed by atoms with Crippen LogP contribution in [-0.2, 0) is 4.79 Å². The van der Waals surface area contributed by atoms with Gasteiger partial charge in [-0.05, 0) is 37.0 Å². The second kappa shape index (κ2) is 7.55. The molecule has 3 aromatic rings. The molecule has 1 N–H and O–H groups in total. The monoisotopic (exact) mass is 433 g/mol. The number of imidazole rings is 1. The first-order valence-corrected chi connectivity index (χ1v) is 10.1. The van der Waals surface area contributed by atoms with Crippen molar-refractivity contribution in [1.29, 1.82) is 0 Å². The molecule has 0 spiro atoms. The Bertz CT molecular complexity index is 1120. The molecule has 1 saturated carbocycles. The van der Waals surface area contributed by atoms with Crippen molar-refractivity contribution in [3.63, 3.8) is 0 Å². The van der Waals surface area contributed by atoms with Crippen LogP contribution in [-0.4, -0.2) is 28.9 Å². The largest absolute Gasteiger partial charge is 0.493 e. The minimum Gasteiger partial charge on any atom is -0.493 e. The number of nitrogens with one attached hydrogen (secondary N) is 1. The predicted molar refractivity (Wildman–Crippen MR) is 105 cm³/mol. The van der Waals surface area contributed by atoms with Crippen LogP contribution >= 0.6 is 0 Å². The number of carbonyl (C=O) groups excluding carboxylic acids is 1. The van der Waals surface area contributed by atoms with Crippen LogP contribution in [0.1, 0.15) is 30.9 Å². The van der Waals surface area contributed by atoms with Gasteiger partial charge in [0.15, 0.2) is 0 Å². The summed E-state index contributed by atoms with van der Waals surface area (Å²) in [5.74, 6) is -2.43. The maximum atomic E-state index is 15.0. The number of aromatic nitrogens is 2. The van der Waals surface area contributed by atoms with Crippen LogP contribution in [0.25, 0.3) is 11.0 Å². The quantitative estimate of drug-likeness (QED) is 0.422. The molecule has 1 amide bonds. The molecule has 5 nitrogen and oxygen atoms in total. The van der Waals surface area contributed by atoms with E-state index in [1.807, 2.05) is 0 Å². The van der Waals surface area contributed by atoms with Crippen molar-refractivity contribution in [2.45, 2.75) is 31.7 Å². The number of anilines is 1. The zero-order chi connectivity index (χ0) is 21.7. The van der Waals surface area contributed by atoms with Gasteiger partial charge in [0.2, 0.25) is 12.3 Å². The molecule has 0 bridgehead atoms. The van der Waals surface area contributed by atoms with E-state index < -0.39 is 36.4 Å². The van der Waals surface area contributed by atoms with Crippen LogP contribution in [0.5, 0.6) is 5.75 Å². The standard InChI is InChI=1S/C22H19F4N3O2/c23-14-8-13(31-6-5-18(25)26)9-15(24)20(14)21-19(11-1-2-11)22(30)29(21)12-3-4-16-17(7-12)28-10-27-16/h3-4,7-11,18-19,21H,1-2,5-6H2,(H,27,28)/t19-,21?/m1/s1. The van der Waals surface area contributed by atoms with E-state index in [4.69, 9.17) is 4.74 Å². The van der Waals surface area contributed by atoms with Gasteiger partial charge in [0.1, 0.15) is 17.4 Å². The van der Waals surface area contributed by atoms with Crippen LogP contribution in [0, 0.1) is 23.5 Å². The summed E-state index contributed by atoms with van der Waals surface area (Å²) >= 11 is 0. The number of aromatic amines is 1. The molecule has 9 heteroatoms. The summed E-state index contributed by atoms with van der Waals surface area (Å²) in [6, 6.07) is 6.38. The first kappa shape index (κ1) is 19.8. The number of carbonyl (C=O) groups is 1. The Morgan fingerprint density at radius 1 is 1.16 bits per heavy atom. The fraction of sp³-hybridized carbons (Fsp3) is 0.364. The number of alkyl halides is 2. The van der Waals surface area contributed by atoms with Crippen LogP contribution in [0.3, 0.4) is 0 Å². The Hall–Kier alpha value is -3.10. The number of β-lactam (4-membered cyclic amide) rings is 1. The first-order chi connectivity index (χ1) is 14.9. The van der Waals surface area contributed by atoms with E-state index in [-0.39, 0.29) is 29.7 Å². The number of halogens is 4. The third-order valence-corrected chi connectivity index (χ3v) is 5.91. The number of fused-ring (bicyclic) bond motifs is 1. The summed E-state index contributed by atoms with van der Waals surface area (Å²) in [5, 5.41) is 0. The van der Waals surface area contributed by atoms with E-state index >= 15 is 8.78 Å². The Morgan fingerprint density at radius 3 is 2.58 bits per heavy atom. The van der Waals surface area contributed by atoms with E-state index in [2.05, 4.69) is 9.97 Å². The number of nitrogens with zero attached hydrogens (tertiary/aromatic N) is 2. The number of benzene rings is 2. The van der Waals surface area contributed by atoms with Crippen molar-refractivity contribution < 1.29 is 27.1 Å². The van der Waals surface area contributed by atoms with Gasteiger partial charge in [-0.1, -0.05) is 0 Å². The molecule has 1 aromatic heterocycles. The van der Waals surface area contributed by atoms with Crippen LogP contribution in [0.2, 0.25) is 0 Å². The fourth-order valence-corrected chi connectivity index (χ4v) is 4.29. The molecule has 1 aliphatic heterocycles. The molecule has 0 radical (unpaired) electrons. The summed E-state index contributed by atoms with van der Waals surface area (Å²) in [6.07, 6.45) is 0.130. The average Bonchev–Trinajstić information content (AvgIpc) is 3.41. The lowest BCUT2D eigenvalue weighted by Crippen LogP contribution is -2.56. The minimum absolute atomic E-state index is 0.102. The summed E-state index contributed by atoms with van der Waals surface area (Å²) < 4.78 is 59.7. The highest BCUT2D eigenvalue weighted by Crippen LogP contribution is 2.55. The van der Waals surface area contributed by atoms with Gasteiger partial charge in [-0.15, -0.1) is 0 Å². The third kappa shape index (κ3) is 3.51. The van der Waals surface area contributed by atoms with Crippen LogP contribution < -0.4 is 9.64 Å². The molecule has 1 unspecified atom stereocenters. The Balaban J connectivity index is 1.49. The van der Waals surface area contributed by atoms with Gasteiger partial charge in [0, 0.05) is 29.8 Å². The van der Waals surface area contributed by atoms with Crippen molar-refractivity contribution >= 4 is 22.6 Å². The van der Waals surface area contributed by atoms with Gasteiger partial charge >= 0.3 is 0 Å². The van der Waals surface area contributed by atoms with Gasteiger partial charge in [-0.2, -0.15) is 0 Å². The minimum atomic E-state index is -2.56. The summed E-state index contributed by atoms with van der Waals surface area (Å²) in [6.45, 7) is -0.348. The highest BCUT2D eigenvalue weighted by Gasteiger charge is 2.56. The van der Waals surface area contributed by atoms with Crippen molar-refractivity contribution in [1.82, 2.24) is 9.97 Å². The van der Waals surface area contributed by atoms with Crippen LogP contribution in [0.15, 0.2) is 36.7 Å². The smallest absolute Gasteiger partial charge is 0.241 e. The number of hydrogen-bond donors (Lipinski definition) is 1. The molecule has 1 aliphatic carbocycles. The van der Waals surface area contributed by atoms with Gasteiger partial charge in [-0.25, -0.2) is 22.5 Å². The lowest BCUT2D eigenvalue weighted by molar-refractivity contribution is -0.131. The molecular weight excluding hydrogens is 414 g/mol. The van der Waals surface area contributed by atoms with E-state index in [0.29, 0.717) is 11.2 Å². The van der Waals surface area contributed by atoms with Gasteiger partial charge in [-0.3, -0.25) is 4.79 Å². The fourth-order valence-electron chi connectivity index (χ4n) is 4.29. The highest BCUT2D eigenvalue weighted by molar-refractivity contribution is 6.04. The normalized spacial score (nSPS) is 21.1. The molecule has 162 valence electrons. The molecule has 2 fully saturated rings. The number of H-pyrrole nitrogens is 1. The Labute approximate surface area is 175 Å². The number of ether oxygens (including phenoxy) is 1. The van der Waals surface area contributed by atoms with E-state index in [9.17, 15) is 13.6 Å². The Kier molecular flexibility index (Phi) is 4.83. The van der Waals surface area contributed by atoms with Crippen molar-refractivity contribution in [3.05, 3.63) is 53.9 Å². The number of amides is 1. The van der Waals surface area contributed by atoms with Gasteiger partial charge in [0.25, 0.3) is 0 Å². The predicted octanol–water partition coefficient (Wildman–Crippen LogP) is 4.99. The zero-order valence-electron chi connectivity index (χ0n) is 16.3. The van der Waals surface area contributed by atoms with Crippen molar-refractivity contribution in [3.8, 4) is 5.75 Å². The number of hydrogen-bond acceptors (Lipinski definition) is 3. The zero-order valence-corrected chi connectivity index (χ0v) is 16.3. The third-order valence-electron chi connectivity index (χ3n) is 5.91. The second-order valence-electron chi connectivity index (χ2n) is 7.95. The molecule has 31 heavy (non-hydrogen) atoms. The van der Waals surface area contributed by atoms with E-state index in [0.717, 1.165) is 30.5 Å². The molecule has 5 rings (SSSR count). The van der Waals surface area contributed by atoms with E-state index in [1.165, 1.54) is 11.2 Å². The lowest BCUT2D eigenvalue weighted by atomic mass is 9.78. The molecule has 1 saturated heterocycles. The molecule has 2 atom stereocenters. The van der Waals surface area contributed by atoms with Crippen molar-refractivity contribution in [2.24, 2.45) is 11.8 Å². The van der Waals surface area contributed by atoms with Gasteiger partial charge in [0.05, 0.1) is 35.9 Å². The molecular formula is C22H19F4N3O2. The summed E-state index contributed by atoms with van der Waals surface area (Å²) in [7, 11) is 0. The topological polar surface area (TPSA) is 58.2 Å². The summed E-state index contributed by atoms with van der Waals surface area (Å²) in [5.41, 5.74) is 1.75. The maximum Gasteiger partial charge on any atom is 0.241 e.